The molecular weight excluding hydrogens is 186 g/mol. The number of nitrogens with zero attached hydrogens (tertiary/aromatic N) is 2. The van der Waals surface area contributed by atoms with Crippen LogP contribution in [0.15, 0.2) is 24.4 Å². The Morgan fingerprint density at radius 2 is 2.07 bits per heavy atom. The summed E-state index contributed by atoms with van der Waals surface area (Å²) in [6.45, 7) is 4.34. The first-order valence-corrected chi connectivity index (χ1v) is 5.16. The van der Waals surface area contributed by atoms with Crippen LogP contribution in [-0.2, 0) is 0 Å². The Hall–Kier alpha value is -1.64. The van der Waals surface area contributed by atoms with Gasteiger partial charge in [-0.05, 0) is 17.5 Å². The van der Waals surface area contributed by atoms with Crippen molar-refractivity contribution in [3.63, 3.8) is 0 Å². The van der Waals surface area contributed by atoms with Crippen molar-refractivity contribution >= 4 is 16.9 Å². The second kappa shape index (κ2) is 3.85. The Morgan fingerprint density at radius 3 is 2.73 bits per heavy atom. The van der Waals surface area contributed by atoms with Gasteiger partial charge in [0.2, 0.25) is 0 Å². The van der Waals surface area contributed by atoms with Gasteiger partial charge in [0.15, 0.2) is 0 Å². The average Bonchev–Trinajstić information content (AvgIpc) is 2.27. The normalized spacial score (nSPS) is 10.9. The van der Waals surface area contributed by atoms with Crippen molar-refractivity contribution in [1.29, 1.82) is 0 Å². The number of aromatic nitrogens is 2. The summed E-state index contributed by atoms with van der Waals surface area (Å²) in [6.07, 6.45) is 1.77. The number of benzene rings is 1. The molecule has 0 aliphatic rings. The minimum absolute atomic E-state index is 0.475. The van der Waals surface area contributed by atoms with E-state index in [0.29, 0.717) is 5.92 Å². The summed E-state index contributed by atoms with van der Waals surface area (Å²) in [4.78, 5) is 8.91. The molecule has 1 aromatic carbocycles. The van der Waals surface area contributed by atoms with Crippen molar-refractivity contribution in [2.45, 2.75) is 19.8 Å². The fourth-order valence-electron chi connectivity index (χ4n) is 1.65. The Bertz CT molecular complexity index is 477. The summed E-state index contributed by atoms with van der Waals surface area (Å²) < 4.78 is 0. The monoisotopic (exact) mass is 201 g/mol. The average molecular weight is 201 g/mol. The van der Waals surface area contributed by atoms with Crippen LogP contribution < -0.4 is 5.32 Å². The third-order valence-electron chi connectivity index (χ3n) is 2.48. The molecule has 0 atom stereocenters. The van der Waals surface area contributed by atoms with Crippen molar-refractivity contribution in [2.75, 3.05) is 12.4 Å². The number of anilines is 1. The van der Waals surface area contributed by atoms with Crippen LogP contribution >= 0.6 is 0 Å². The maximum absolute atomic E-state index is 4.46. The van der Waals surface area contributed by atoms with Gasteiger partial charge in [-0.25, -0.2) is 4.98 Å². The van der Waals surface area contributed by atoms with E-state index in [0.717, 1.165) is 16.9 Å². The molecule has 0 bridgehead atoms. The lowest BCUT2D eigenvalue weighted by Gasteiger charge is -2.09. The fourth-order valence-corrected chi connectivity index (χ4v) is 1.65. The van der Waals surface area contributed by atoms with Crippen LogP contribution in [0.3, 0.4) is 0 Å². The molecule has 0 unspecified atom stereocenters. The van der Waals surface area contributed by atoms with Gasteiger partial charge in [-0.3, -0.25) is 4.98 Å². The quantitative estimate of drug-likeness (QED) is 0.811. The van der Waals surface area contributed by atoms with Gasteiger partial charge in [0, 0.05) is 7.05 Å². The lowest BCUT2D eigenvalue weighted by atomic mass is 10.0. The number of rotatable bonds is 2. The third-order valence-corrected chi connectivity index (χ3v) is 2.48. The molecule has 15 heavy (non-hydrogen) atoms. The largest absolute Gasteiger partial charge is 0.372 e. The molecular formula is C12H15N3. The molecule has 1 aromatic heterocycles. The minimum atomic E-state index is 0.475. The van der Waals surface area contributed by atoms with Gasteiger partial charge in [0.25, 0.3) is 0 Å². The molecule has 0 fully saturated rings. The van der Waals surface area contributed by atoms with Crippen LogP contribution in [0, 0.1) is 0 Å². The topological polar surface area (TPSA) is 37.8 Å². The first-order valence-electron chi connectivity index (χ1n) is 5.16. The summed E-state index contributed by atoms with van der Waals surface area (Å²) in [5.74, 6) is 1.28. The predicted octanol–water partition coefficient (Wildman–Crippen LogP) is 2.79. The van der Waals surface area contributed by atoms with E-state index < -0.39 is 0 Å². The van der Waals surface area contributed by atoms with E-state index in [2.05, 4.69) is 35.2 Å². The van der Waals surface area contributed by atoms with Crippen molar-refractivity contribution in [1.82, 2.24) is 9.97 Å². The zero-order valence-corrected chi connectivity index (χ0v) is 9.28. The van der Waals surface area contributed by atoms with Gasteiger partial charge >= 0.3 is 0 Å². The van der Waals surface area contributed by atoms with Crippen LogP contribution in [0.5, 0.6) is 0 Å². The highest BCUT2D eigenvalue weighted by Gasteiger charge is 2.06. The summed E-state index contributed by atoms with van der Waals surface area (Å²) in [5, 5.41) is 2.99. The zero-order chi connectivity index (χ0) is 10.8. The van der Waals surface area contributed by atoms with E-state index in [1.165, 1.54) is 5.56 Å². The van der Waals surface area contributed by atoms with Crippen LogP contribution in [0.4, 0.5) is 5.82 Å². The molecule has 0 amide bonds. The first-order chi connectivity index (χ1) is 7.22. The minimum Gasteiger partial charge on any atom is -0.372 e. The lowest BCUT2D eigenvalue weighted by Crippen LogP contribution is -1.97. The van der Waals surface area contributed by atoms with Crippen molar-refractivity contribution in [3.8, 4) is 0 Å². The number of fused-ring (bicyclic) bond motifs is 1. The summed E-state index contributed by atoms with van der Waals surface area (Å²) >= 11 is 0. The Kier molecular flexibility index (Phi) is 2.54. The molecule has 2 rings (SSSR count). The Morgan fingerprint density at radius 1 is 1.27 bits per heavy atom. The second-order valence-electron chi connectivity index (χ2n) is 3.87. The van der Waals surface area contributed by atoms with Gasteiger partial charge in [0.1, 0.15) is 5.82 Å². The van der Waals surface area contributed by atoms with Gasteiger partial charge in [-0.2, -0.15) is 0 Å². The highest BCUT2D eigenvalue weighted by Crippen LogP contribution is 2.22. The van der Waals surface area contributed by atoms with E-state index in [9.17, 15) is 0 Å². The molecule has 1 heterocycles. The van der Waals surface area contributed by atoms with E-state index in [-0.39, 0.29) is 0 Å². The predicted molar refractivity (Wildman–Crippen MR) is 63.2 cm³/mol. The maximum Gasteiger partial charge on any atom is 0.144 e. The van der Waals surface area contributed by atoms with Crippen LogP contribution in [0.25, 0.3) is 11.0 Å². The highest BCUT2D eigenvalue weighted by molar-refractivity contribution is 5.79. The molecule has 3 heteroatoms. The standard InChI is InChI=1S/C12H15N3/c1-8(2)9-5-4-6-10-12(9)14-7-11(13-3)15-10/h4-8H,1-3H3,(H,13,15). The van der Waals surface area contributed by atoms with Crippen molar-refractivity contribution in [2.24, 2.45) is 0 Å². The second-order valence-corrected chi connectivity index (χ2v) is 3.87. The molecule has 0 radical (unpaired) electrons. The summed E-state index contributed by atoms with van der Waals surface area (Å²) in [6, 6.07) is 6.14. The highest BCUT2D eigenvalue weighted by atomic mass is 15.0. The SMILES string of the molecule is CNc1cnc2c(C(C)C)cccc2n1. The zero-order valence-electron chi connectivity index (χ0n) is 9.28. The molecule has 0 aliphatic carbocycles. The van der Waals surface area contributed by atoms with Gasteiger partial charge < -0.3 is 5.32 Å². The van der Waals surface area contributed by atoms with Crippen molar-refractivity contribution < 1.29 is 0 Å². The van der Waals surface area contributed by atoms with E-state index >= 15 is 0 Å². The Labute approximate surface area is 89.6 Å². The lowest BCUT2D eigenvalue weighted by molar-refractivity contribution is 0.872. The number of para-hydroxylation sites is 1. The first kappa shape index (κ1) is 9.90. The van der Waals surface area contributed by atoms with Gasteiger partial charge in [0.05, 0.1) is 17.2 Å². The van der Waals surface area contributed by atoms with E-state index in [1.807, 2.05) is 19.2 Å². The van der Waals surface area contributed by atoms with Gasteiger partial charge in [-0.15, -0.1) is 0 Å². The van der Waals surface area contributed by atoms with Gasteiger partial charge in [-0.1, -0.05) is 26.0 Å². The molecule has 2 aromatic rings. The molecule has 0 aliphatic heterocycles. The molecule has 3 nitrogen and oxygen atoms in total. The van der Waals surface area contributed by atoms with Crippen molar-refractivity contribution in [3.05, 3.63) is 30.0 Å². The molecule has 0 spiro atoms. The smallest absolute Gasteiger partial charge is 0.144 e. The molecule has 0 saturated heterocycles. The summed E-state index contributed by atoms with van der Waals surface area (Å²) in [5.41, 5.74) is 3.21. The third kappa shape index (κ3) is 1.77. The number of hydrogen-bond acceptors (Lipinski definition) is 3. The van der Waals surface area contributed by atoms with Crippen LogP contribution in [-0.4, -0.2) is 17.0 Å². The molecule has 1 N–H and O–H groups in total. The van der Waals surface area contributed by atoms with Crippen LogP contribution in [0.2, 0.25) is 0 Å². The van der Waals surface area contributed by atoms with Crippen LogP contribution in [0.1, 0.15) is 25.3 Å². The molecule has 0 saturated carbocycles. The van der Waals surface area contributed by atoms with E-state index in [1.54, 1.807) is 6.20 Å². The summed E-state index contributed by atoms with van der Waals surface area (Å²) in [7, 11) is 1.85. The number of hydrogen-bond donors (Lipinski definition) is 1. The number of nitrogens with one attached hydrogen (secondary N) is 1. The Balaban J connectivity index is 2.67. The maximum atomic E-state index is 4.46. The fraction of sp³-hybridized carbons (Fsp3) is 0.333. The van der Waals surface area contributed by atoms with E-state index in [4.69, 9.17) is 0 Å². The molecule has 78 valence electrons.